The second-order valence-electron chi connectivity index (χ2n) is 33.0. The number of hydrogen-bond acceptors (Lipinski definition) is 25. The maximum absolute atomic E-state index is 12.8. The van der Waals surface area contributed by atoms with Crippen LogP contribution in [0.15, 0.2) is 146 Å². The smallest absolute Gasteiger partial charge is 0.748 e. The predicted octanol–water partition coefficient (Wildman–Crippen LogP) is 18.7. The van der Waals surface area contributed by atoms with Gasteiger partial charge >= 0.3 is 47.7 Å². The summed E-state index contributed by atoms with van der Waals surface area (Å²) in [6.45, 7) is 26.1. The SMILES string of the molecule is CCCN.CCCNC(=O)CCCOc1cc([N+](=O)[O-])c(C(C)CCCCCS(=O)(=O)[O-])cc1C.CCCNC(=O)CCCOc1cc([N+](=O)[O-])c(C(C)N)cc1C.CCCNC(=O)CCCOc1cc([N+](=O)[O-])c(C(C)NC(=O)OCC2c3ccccc3-c3ccccc32)cc1C.Cc1cc(C(C)NC(=O)OCC2c3ccccc3-c3ccccc32)c([N+](=O)[O-])cc1OCCCC(=O)O.I.II.[2H]CF.[Na+]. The number of unbranched alkanes of at least 4 members (excludes halogenated alkanes) is 2. The first-order valence-electron chi connectivity index (χ1n) is 46.8. The molecule has 4 atom stereocenters. The number of alkyl carbamates (subject to hydrolysis) is 2. The zero-order valence-corrected chi connectivity index (χ0v) is 91.8. The third-order valence-corrected chi connectivity index (χ3v) is 22.9. The molecule has 10 rings (SSSR count). The molecule has 10 N–H and O–H groups in total. The van der Waals surface area contributed by atoms with Crippen LogP contribution in [-0.2, 0) is 38.8 Å². The van der Waals surface area contributed by atoms with Gasteiger partial charge < -0.3 is 76.1 Å². The van der Waals surface area contributed by atoms with Crippen molar-refractivity contribution in [3.05, 3.63) is 253 Å². The summed E-state index contributed by atoms with van der Waals surface area (Å²) in [4.78, 5) is 115. The molecule has 0 aromatic heterocycles. The summed E-state index contributed by atoms with van der Waals surface area (Å²) in [7, 11) is -5.20. The summed E-state index contributed by atoms with van der Waals surface area (Å²) in [5.41, 5.74) is 23.9. The minimum Gasteiger partial charge on any atom is -0.748 e. The molecule has 0 saturated heterocycles. The van der Waals surface area contributed by atoms with Gasteiger partial charge in [-0.1, -0.05) is 145 Å². The fourth-order valence-corrected chi connectivity index (χ4v) is 15.6. The number of halogens is 4. The first-order chi connectivity index (χ1) is 66.8. The Morgan fingerprint density at radius 2 is 0.745 bits per heavy atom. The number of nitrogens with zero attached hydrogens (tertiary/aromatic N) is 4. The predicted molar refractivity (Wildman–Crippen MR) is 565 cm³/mol. The fraction of sp³-hybridized carbons (Fsp3) is 0.460. The summed E-state index contributed by atoms with van der Waals surface area (Å²) in [6.07, 6.45) is 7.42. The number of alkyl halides is 1. The molecule has 0 aliphatic heterocycles. The van der Waals surface area contributed by atoms with Crippen molar-refractivity contribution in [2.24, 2.45) is 11.5 Å². The molecule has 0 spiro atoms. The zero-order chi connectivity index (χ0) is 104. The number of carbonyl (C=O) groups is 6. The Hall–Kier alpha value is -10.1. The number of rotatable bonds is 47. The van der Waals surface area contributed by atoms with Crippen LogP contribution >= 0.6 is 61.2 Å². The van der Waals surface area contributed by atoms with Crippen LogP contribution in [0.2, 0.25) is 0 Å². The number of fused-ring (bicyclic) bond motifs is 6. The number of aryl methyl sites for hydroxylation is 4. The number of benzene rings is 8. The van der Waals surface area contributed by atoms with Gasteiger partial charge in [-0.15, -0.1) is 24.0 Å². The van der Waals surface area contributed by atoms with Gasteiger partial charge in [-0.2, -0.15) is 0 Å². The van der Waals surface area contributed by atoms with E-state index in [2.05, 4.69) is 95.0 Å². The van der Waals surface area contributed by atoms with Crippen molar-refractivity contribution in [1.82, 2.24) is 26.6 Å². The summed E-state index contributed by atoms with van der Waals surface area (Å²) >= 11 is 4.24. The molecular formula is C100H134FI3N11NaO24S. The number of aliphatic carboxylic acids is 1. The zero-order valence-electron chi connectivity index (χ0n) is 83.4. The molecule has 0 fully saturated rings. The van der Waals surface area contributed by atoms with Crippen LogP contribution < -0.4 is 86.6 Å². The quantitative estimate of drug-likeness (QED) is 0.00438. The maximum Gasteiger partial charge on any atom is 1.00 e. The van der Waals surface area contributed by atoms with Crippen molar-refractivity contribution in [1.29, 1.82) is 0 Å². The summed E-state index contributed by atoms with van der Waals surface area (Å²) in [5, 5.41) is 69.0. The van der Waals surface area contributed by atoms with Gasteiger partial charge in [0, 0.05) is 117 Å². The van der Waals surface area contributed by atoms with E-state index in [1.54, 1.807) is 58.9 Å². The first-order valence-corrected chi connectivity index (χ1v) is 54.0. The van der Waals surface area contributed by atoms with Crippen molar-refractivity contribution in [3.63, 3.8) is 0 Å². The molecule has 768 valence electrons. The number of ether oxygens (including phenoxy) is 6. The van der Waals surface area contributed by atoms with Crippen LogP contribution in [0.1, 0.15) is 262 Å². The molecule has 141 heavy (non-hydrogen) atoms. The molecule has 2 aliphatic carbocycles. The van der Waals surface area contributed by atoms with E-state index in [-0.39, 0.29) is 163 Å². The van der Waals surface area contributed by atoms with E-state index in [1.807, 2.05) is 114 Å². The van der Waals surface area contributed by atoms with Crippen LogP contribution in [0, 0.1) is 68.2 Å². The van der Waals surface area contributed by atoms with Gasteiger partial charge in [0.2, 0.25) is 17.7 Å². The van der Waals surface area contributed by atoms with Crippen molar-refractivity contribution >= 4 is 130 Å². The largest absolute Gasteiger partial charge is 1.00 e. The average Bonchev–Trinajstić information content (AvgIpc) is 1.61. The van der Waals surface area contributed by atoms with Crippen LogP contribution in [0.25, 0.3) is 22.3 Å². The van der Waals surface area contributed by atoms with Crippen LogP contribution in [0.5, 0.6) is 23.0 Å². The molecule has 0 heterocycles. The Labute approximate surface area is 889 Å². The summed E-state index contributed by atoms with van der Waals surface area (Å²) < 4.78 is 81.2. The standard InChI is InChI=1S/C31H35N3O6.C28H28N2O7.C21H34N2O7S.C16H25N3O4.C3H9N.CH3F.I2.HI.Na/c1-4-15-32-30(35)14-9-16-39-29-18-28(34(37)38)26(17-20(29)2)21(3)33-31(36)40-19-27-24-12-7-5-10-22(24)23-11-6-8-13-25(23)27;1-17-14-23(25(30(34)35)15-26(17)36-13-7-12-27(31)32)18(2)29-28(33)37-16-24-21-10-5-3-8-19(21)20-9-4-6-11-22(20)24;1-4-11-22-21(24)10-8-12-30-20-15-19(23(25)26)18(14-17(20)3)16(2)9-6-5-7-13-31(27,28)29;1-4-7-18-16(20)6-5-8-23-15-10-14(19(21)22)13(12(3)17)9-11(15)2;1-2-3-4;2*1-2;;/h5-8,10-13,17-18,21,27H,4,9,14-16,19H2,1-3H3,(H,32,35)(H,33,36);3-6,8-11,14-15,18,24H,7,12-13,16H2,1-2H3,(H,29,33)(H,31,32);14-16H,4-13H2,1-3H3,(H,22,24)(H,27,28,29);9-10,12H,4-8,17H2,1-3H3,(H,18,20);2-4H2,1H3;1H3;;1H;/q;;;;;;;;+1/p-1/i;;;;;1D;;;. The van der Waals surface area contributed by atoms with E-state index in [0.29, 0.717) is 147 Å². The van der Waals surface area contributed by atoms with Crippen molar-refractivity contribution in [3.8, 4) is 45.3 Å². The molecule has 41 heteroatoms. The van der Waals surface area contributed by atoms with E-state index in [9.17, 15) is 86.6 Å². The van der Waals surface area contributed by atoms with Crippen molar-refractivity contribution in [2.45, 2.75) is 222 Å². The van der Waals surface area contributed by atoms with Gasteiger partial charge in [-0.25, -0.2) is 18.0 Å². The first kappa shape index (κ1) is 125. The Balaban J connectivity index is 0.000000628. The number of nitro groups is 4. The Morgan fingerprint density at radius 1 is 0.468 bits per heavy atom. The monoisotopic (exact) mass is 2330 g/mol. The van der Waals surface area contributed by atoms with Crippen LogP contribution in [0.3, 0.4) is 0 Å². The number of nitro benzene ring substituents is 4. The van der Waals surface area contributed by atoms with Crippen LogP contribution in [-0.4, -0.2) is 152 Å². The van der Waals surface area contributed by atoms with Gasteiger partial charge in [0.05, 0.1) is 112 Å². The van der Waals surface area contributed by atoms with Gasteiger partial charge in [0.15, 0.2) is 0 Å². The molecule has 8 aromatic rings. The maximum atomic E-state index is 12.8. The van der Waals surface area contributed by atoms with E-state index in [4.69, 9.17) is 46.4 Å². The van der Waals surface area contributed by atoms with Gasteiger partial charge in [0.1, 0.15) is 36.2 Å². The number of carbonyl (C=O) groups excluding carboxylic acids is 5. The Bertz CT molecular complexity index is 5420. The molecular weight excluding hydrogens is 2190 g/mol. The van der Waals surface area contributed by atoms with E-state index < -0.39 is 73.2 Å². The number of nitrogens with two attached hydrogens (primary N) is 2. The fourth-order valence-electron chi connectivity index (χ4n) is 15.1. The number of nitrogens with one attached hydrogen (secondary N) is 5. The average molecular weight is 2330 g/mol. The third-order valence-electron chi connectivity index (χ3n) is 22.1. The molecule has 0 saturated carbocycles. The molecule has 5 amide bonds. The Morgan fingerprint density at radius 3 is 1.02 bits per heavy atom. The Kier molecular flexibility index (Phi) is 60.5. The molecule has 4 unspecified atom stereocenters. The summed E-state index contributed by atoms with van der Waals surface area (Å²) in [6, 6.07) is 42.6. The van der Waals surface area contributed by atoms with Crippen LogP contribution in [0.4, 0.5) is 36.7 Å². The number of carboxylic acids is 1. The third kappa shape index (κ3) is 43.2. The number of amides is 5. The molecule has 8 aromatic carbocycles. The number of hydrogen-bond donors (Lipinski definition) is 8. The van der Waals surface area contributed by atoms with Crippen molar-refractivity contribution < 1.29 is 130 Å². The minimum atomic E-state index is -4.20. The van der Waals surface area contributed by atoms with Gasteiger partial charge in [-0.05, 0) is 216 Å². The van der Waals surface area contributed by atoms with Gasteiger partial charge in [-0.3, -0.25) is 64.0 Å². The molecule has 0 radical (unpaired) electrons. The second-order valence-corrected chi connectivity index (χ2v) is 34.5. The van der Waals surface area contributed by atoms with E-state index in [1.165, 1.54) is 24.3 Å². The molecule has 0 bridgehead atoms. The molecule has 35 nitrogen and oxygen atoms in total. The normalized spacial score (nSPS) is 12.0. The summed E-state index contributed by atoms with van der Waals surface area (Å²) in [5.74, 6) is -0.130. The minimum absolute atomic E-state index is 0. The number of carboxylic acid groups (broad SMARTS) is 1. The molecule has 2 aliphatic rings. The van der Waals surface area contributed by atoms with E-state index in [0.717, 1.165) is 87.9 Å². The van der Waals surface area contributed by atoms with E-state index >= 15 is 0 Å². The van der Waals surface area contributed by atoms with Gasteiger partial charge in [0.25, 0.3) is 22.7 Å². The second kappa shape index (κ2) is 68.2. The van der Waals surface area contributed by atoms with Crippen molar-refractivity contribution in [2.75, 3.05) is 78.7 Å². The topological polar surface area (TPSA) is 520 Å².